The number of hydrogen-bond donors (Lipinski definition) is 1. The molecule has 7 heteroatoms. The van der Waals surface area contributed by atoms with E-state index in [0.717, 1.165) is 25.8 Å². The van der Waals surface area contributed by atoms with Crippen molar-refractivity contribution in [3.8, 4) is 0 Å². The van der Waals surface area contributed by atoms with Crippen LogP contribution in [0, 0.1) is 10.8 Å². The number of imide groups is 1. The second-order valence-electron chi connectivity index (χ2n) is 11.7. The number of nitrogens with one attached hydrogen (secondary N) is 1. The van der Waals surface area contributed by atoms with Crippen molar-refractivity contribution in [2.45, 2.75) is 58.9 Å². The van der Waals surface area contributed by atoms with Crippen molar-refractivity contribution in [2.75, 3.05) is 18.4 Å². The van der Waals surface area contributed by atoms with Gasteiger partial charge < -0.3 is 10.2 Å². The molecule has 7 nitrogen and oxygen atoms in total. The average molecular weight is 488 g/mol. The summed E-state index contributed by atoms with van der Waals surface area (Å²) in [7, 11) is 0. The fraction of sp³-hybridized carbons (Fsp3) is 0.448. The zero-order valence-electron chi connectivity index (χ0n) is 21.2. The van der Waals surface area contributed by atoms with Crippen LogP contribution in [-0.2, 0) is 4.79 Å². The lowest BCUT2D eigenvalue weighted by Gasteiger charge is -2.39. The average Bonchev–Trinajstić information content (AvgIpc) is 3.22. The number of benzene rings is 2. The summed E-state index contributed by atoms with van der Waals surface area (Å²) in [6.07, 6.45) is 3.59. The third kappa shape index (κ3) is 4.43. The smallest absolute Gasteiger partial charge is 0.261 e. The summed E-state index contributed by atoms with van der Waals surface area (Å²) in [5.41, 5.74) is 2.15. The van der Waals surface area contributed by atoms with Crippen LogP contribution >= 0.6 is 0 Å². The zero-order valence-corrected chi connectivity index (χ0v) is 21.2. The van der Waals surface area contributed by atoms with Crippen LogP contribution in [0.3, 0.4) is 0 Å². The van der Waals surface area contributed by atoms with Crippen LogP contribution in [0.5, 0.6) is 0 Å². The lowest BCUT2D eigenvalue weighted by Crippen LogP contribution is -2.38. The Bertz CT molecular complexity index is 1220. The normalized spacial score (nSPS) is 24.1. The monoisotopic (exact) mass is 487 g/mol. The summed E-state index contributed by atoms with van der Waals surface area (Å²) >= 11 is 0. The zero-order chi connectivity index (χ0) is 25.7. The van der Waals surface area contributed by atoms with Gasteiger partial charge in [0, 0.05) is 25.6 Å². The Kier molecular flexibility index (Phi) is 5.97. The Morgan fingerprint density at radius 3 is 2.28 bits per heavy atom. The predicted octanol–water partition coefficient (Wildman–Crippen LogP) is 4.74. The number of anilines is 1. The molecule has 1 saturated heterocycles. The number of carbonyl (C=O) groups excluding carboxylic acids is 4. The van der Waals surface area contributed by atoms with Crippen LogP contribution in [0.4, 0.5) is 5.69 Å². The summed E-state index contributed by atoms with van der Waals surface area (Å²) in [4.78, 5) is 54.6. The van der Waals surface area contributed by atoms with Crippen LogP contribution in [0.2, 0.25) is 0 Å². The molecule has 188 valence electrons. The molecule has 2 heterocycles. The fourth-order valence-electron chi connectivity index (χ4n) is 6.68. The summed E-state index contributed by atoms with van der Waals surface area (Å²) in [5, 5.41) is 2.89. The molecule has 2 aromatic rings. The standard InChI is InChI=1S/C29H33N3O4/c1-28(2)15-19-16-29(3,17-28)18-32(19)27(36)22-11-6-7-12-23(22)30-24(33)13-8-14-31-25(34)20-9-4-5-10-21(20)26(31)35/h4-7,9-12,19H,8,13-18H2,1-3H3,(H,30,33)/t19-,29+/m1/s1. The molecular weight excluding hydrogens is 454 g/mol. The number of rotatable bonds is 6. The van der Waals surface area contributed by atoms with Gasteiger partial charge >= 0.3 is 0 Å². The molecule has 1 N–H and O–H groups in total. The summed E-state index contributed by atoms with van der Waals surface area (Å²) in [6, 6.07) is 14.1. The maximum atomic E-state index is 13.6. The Morgan fingerprint density at radius 1 is 0.944 bits per heavy atom. The van der Waals surface area contributed by atoms with Gasteiger partial charge in [0.1, 0.15) is 0 Å². The van der Waals surface area contributed by atoms with Gasteiger partial charge in [-0.2, -0.15) is 0 Å². The molecule has 0 aromatic heterocycles. The lowest BCUT2D eigenvalue weighted by atomic mass is 9.65. The van der Waals surface area contributed by atoms with E-state index in [0.29, 0.717) is 28.8 Å². The highest BCUT2D eigenvalue weighted by atomic mass is 16.2. The topological polar surface area (TPSA) is 86.8 Å². The molecule has 2 aliphatic heterocycles. The maximum Gasteiger partial charge on any atom is 0.261 e. The van der Waals surface area contributed by atoms with Gasteiger partial charge in [0.25, 0.3) is 17.7 Å². The Balaban J connectivity index is 1.21. The number of hydrogen-bond acceptors (Lipinski definition) is 4. The number of amides is 4. The first kappa shape index (κ1) is 24.2. The Hall–Kier alpha value is -3.48. The van der Waals surface area contributed by atoms with E-state index >= 15 is 0 Å². The number of likely N-dealkylation sites (tertiary alicyclic amines) is 1. The van der Waals surface area contributed by atoms with E-state index in [-0.39, 0.29) is 53.5 Å². The Morgan fingerprint density at radius 2 is 1.58 bits per heavy atom. The summed E-state index contributed by atoms with van der Waals surface area (Å²) < 4.78 is 0. The van der Waals surface area contributed by atoms with Crippen molar-refractivity contribution in [1.82, 2.24) is 9.80 Å². The first-order valence-corrected chi connectivity index (χ1v) is 12.7. The quantitative estimate of drug-likeness (QED) is 0.596. The molecule has 3 aliphatic rings. The number of nitrogens with zero attached hydrogens (tertiary/aromatic N) is 2. The molecule has 0 unspecified atom stereocenters. The number of carbonyl (C=O) groups is 4. The van der Waals surface area contributed by atoms with Crippen molar-refractivity contribution in [3.05, 3.63) is 65.2 Å². The van der Waals surface area contributed by atoms with E-state index in [2.05, 4.69) is 26.1 Å². The van der Waals surface area contributed by atoms with Crippen LogP contribution in [0.15, 0.2) is 48.5 Å². The van der Waals surface area contributed by atoms with Gasteiger partial charge in [-0.05, 0) is 60.8 Å². The molecule has 1 saturated carbocycles. The van der Waals surface area contributed by atoms with E-state index in [1.165, 1.54) is 4.90 Å². The molecule has 5 rings (SSSR count). The highest BCUT2D eigenvalue weighted by molar-refractivity contribution is 6.21. The van der Waals surface area contributed by atoms with Crippen molar-refractivity contribution in [2.24, 2.45) is 10.8 Å². The van der Waals surface area contributed by atoms with Crippen molar-refractivity contribution >= 4 is 29.3 Å². The largest absolute Gasteiger partial charge is 0.335 e. The first-order valence-electron chi connectivity index (χ1n) is 12.7. The van der Waals surface area contributed by atoms with Crippen LogP contribution < -0.4 is 5.32 Å². The van der Waals surface area contributed by atoms with Gasteiger partial charge in [-0.1, -0.05) is 45.0 Å². The second-order valence-corrected chi connectivity index (χ2v) is 11.7. The SMILES string of the molecule is CC1(C)C[C@@H]2C[C@](C)(CN2C(=O)c2ccccc2NC(=O)CCCN2C(=O)c3ccccc3C2=O)C1. The van der Waals surface area contributed by atoms with E-state index in [4.69, 9.17) is 0 Å². The minimum absolute atomic E-state index is 0.0386. The third-order valence-corrected chi connectivity index (χ3v) is 7.77. The third-order valence-electron chi connectivity index (χ3n) is 7.77. The maximum absolute atomic E-state index is 13.6. The molecule has 2 fully saturated rings. The van der Waals surface area contributed by atoms with Gasteiger partial charge in [0.2, 0.25) is 5.91 Å². The van der Waals surface area contributed by atoms with Gasteiger partial charge in [0.15, 0.2) is 0 Å². The summed E-state index contributed by atoms with van der Waals surface area (Å²) in [6.45, 7) is 7.74. The number of para-hydroxylation sites is 1. The predicted molar refractivity (Wildman–Crippen MR) is 137 cm³/mol. The van der Waals surface area contributed by atoms with Crippen molar-refractivity contribution < 1.29 is 19.2 Å². The van der Waals surface area contributed by atoms with Crippen LogP contribution in [0.25, 0.3) is 0 Å². The van der Waals surface area contributed by atoms with Crippen LogP contribution in [0.1, 0.15) is 83.9 Å². The van der Waals surface area contributed by atoms with E-state index in [1.807, 2.05) is 11.0 Å². The van der Waals surface area contributed by atoms with Crippen molar-refractivity contribution in [1.29, 1.82) is 0 Å². The minimum atomic E-state index is -0.320. The summed E-state index contributed by atoms with van der Waals surface area (Å²) in [5.74, 6) is -0.928. The highest BCUT2D eigenvalue weighted by Crippen LogP contribution is 2.52. The van der Waals surface area contributed by atoms with Gasteiger partial charge in [-0.3, -0.25) is 24.1 Å². The fourth-order valence-corrected chi connectivity index (χ4v) is 6.68. The second kappa shape index (κ2) is 8.87. The molecule has 2 aromatic carbocycles. The Labute approximate surface area is 211 Å². The first-order chi connectivity index (χ1) is 17.1. The van der Waals surface area contributed by atoms with Crippen LogP contribution in [-0.4, -0.2) is 52.6 Å². The van der Waals surface area contributed by atoms with E-state index in [9.17, 15) is 19.2 Å². The van der Waals surface area contributed by atoms with Gasteiger partial charge in [-0.25, -0.2) is 0 Å². The molecule has 0 spiro atoms. The van der Waals surface area contributed by atoms with E-state index < -0.39 is 0 Å². The minimum Gasteiger partial charge on any atom is -0.335 e. The van der Waals surface area contributed by atoms with Crippen molar-refractivity contribution in [3.63, 3.8) is 0 Å². The molecular formula is C29H33N3O4. The molecule has 2 bridgehead atoms. The van der Waals surface area contributed by atoms with E-state index in [1.54, 1.807) is 42.5 Å². The molecule has 0 radical (unpaired) electrons. The highest BCUT2D eigenvalue weighted by Gasteiger charge is 2.51. The molecule has 4 amide bonds. The lowest BCUT2D eigenvalue weighted by molar-refractivity contribution is -0.116. The molecule has 1 aliphatic carbocycles. The molecule has 36 heavy (non-hydrogen) atoms. The van der Waals surface area contributed by atoms with Gasteiger partial charge in [0.05, 0.1) is 22.4 Å². The molecule has 2 atom stereocenters. The number of fused-ring (bicyclic) bond motifs is 3. The van der Waals surface area contributed by atoms with Gasteiger partial charge in [-0.15, -0.1) is 0 Å².